The number of fused-ring (bicyclic) bond motifs is 1. The molecule has 0 aliphatic carbocycles. The quantitative estimate of drug-likeness (QED) is 0.488. The number of pyridine rings is 1. The molecule has 0 saturated carbocycles. The average Bonchev–Trinajstić information content (AvgIpc) is 3.12. The first-order valence-corrected chi connectivity index (χ1v) is 9.63. The lowest BCUT2D eigenvalue weighted by atomic mass is 10.0. The number of para-hydroxylation sites is 1. The van der Waals surface area contributed by atoms with Crippen molar-refractivity contribution in [3.63, 3.8) is 0 Å². The molecule has 0 radical (unpaired) electrons. The van der Waals surface area contributed by atoms with E-state index in [1.165, 1.54) is 10.9 Å². The number of aryl methyl sites for hydroxylation is 1. The van der Waals surface area contributed by atoms with Crippen LogP contribution in [0.4, 0.5) is 0 Å². The minimum absolute atomic E-state index is 0.0862. The van der Waals surface area contributed by atoms with Gasteiger partial charge in [0.2, 0.25) is 5.91 Å². The standard InChI is InChI=1S/C24H23N3O/c28-23(26-17-18-9-2-1-3-10-18)15-8-12-20-19-11-4-5-13-21(19)27-24(20)22-14-6-7-16-25-22/h1-7,9-11,13-14,16,27H,8,12,15,17H2,(H,26,28). The number of nitrogens with one attached hydrogen (secondary N) is 2. The zero-order chi connectivity index (χ0) is 19.2. The molecule has 0 bridgehead atoms. The van der Waals surface area contributed by atoms with E-state index >= 15 is 0 Å². The fourth-order valence-electron chi connectivity index (χ4n) is 3.50. The molecule has 0 unspecified atom stereocenters. The molecular formula is C24H23N3O. The van der Waals surface area contributed by atoms with Crippen LogP contribution in [0.2, 0.25) is 0 Å². The van der Waals surface area contributed by atoms with E-state index < -0.39 is 0 Å². The number of hydrogen-bond donors (Lipinski definition) is 2. The van der Waals surface area contributed by atoms with Crippen LogP contribution in [0.15, 0.2) is 79.0 Å². The van der Waals surface area contributed by atoms with Gasteiger partial charge >= 0.3 is 0 Å². The van der Waals surface area contributed by atoms with Gasteiger partial charge in [-0.05, 0) is 42.2 Å². The Morgan fingerprint density at radius 3 is 2.54 bits per heavy atom. The predicted octanol–water partition coefficient (Wildman–Crippen LogP) is 4.87. The molecule has 0 fully saturated rings. The van der Waals surface area contributed by atoms with Crippen LogP contribution in [0.5, 0.6) is 0 Å². The maximum atomic E-state index is 12.2. The number of amides is 1. The predicted molar refractivity (Wildman–Crippen MR) is 113 cm³/mol. The molecule has 2 heterocycles. The smallest absolute Gasteiger partial charge is 0.220 e. The minimum Gasteiger partial charge on any atom is -0.353 e. The Morgan fingerprint density at radius 2 is 1.71 bits per heavy atom. The second-order valence-electron chi connectivity index (χ2n) is 6.85. The summed E-state index contributed by atoms with van der Waals surface area (Å²) in [5.74, 6) is 0.0862. The summed E-state index contributed by atoms with van der Waals surface area (Å²) in [5.41, 5.74) is 5.43. The third-order valence-electron chi connectivity index (χ3n) is 4.90. The SMILES string of the molecule is O=C(CCCc1c(-c2ccccn2)[nH]c2ccccc12)NCc1ccccc1. The summed E-state index contributed by atoms with van der Waals surface area (Å²) in [6, 6.07) is 24.2. The zero-order valence-corrected chi connectivity index (χ0v) is 15.7. The molecule has 4 rings (SSSR count). The van der Waals surface area contributed by atoms with E-state index in [2.05, 4.69) is 33.5 Å². The number of H-pyrrole nitrogens is 1. The van der Waals surface area contributed by atoms with Crippen LogP contribution in [0.3, 0.4) is 0 Å². The summed E-state index contributed by atoms with van der Waals surface area (Å²) in [6.07, 6.45) is 3.94. The third-order valence-corrected chi connectivity index (χ3v) is 4.90. The lowest BCUT2D eigenvalue weighted by Crippen LogP contribution is -2.22. The Hall–Kier alpha value is -3.40. The van der Waals surface area contributed by atoms with Crippen LogP contribution in [-0.4, -0.2) is 15.9 Å². The highest BCUT2D eigenvalue weighted by Gasteiger charge is 2.14. The topological polar surface area (TPSA) is 57.8 Å². The van der Waals surface area contributed by atoms with Crippen LogP contribution in [0.1, 0.15) is 24.0 Å². The molecule has 0 aliphatic heterocycles. The molecule has 2 aromatic carbocycles. The van der Waals surface area contributed by atoms with Crippen molar-refractivity contribution in [3.05, 3.63) is 90.1 Å². The van der Waals surface area contributed by atoms with Crippen LogP contribution >= 0.6 is 0 Å². The summed E-state index contributed by atoms with van der Waals surface area (Å²) in [6.45, 7) is 0.575. The van der Waals surface area contributed by atoms with Gasteiger partial charge in [0.05, 0.1) is 11.4 Å². The van der Waals surface area contributed by atoms with Crippen molar-refractivity contribution in [2.75, 3.05) is 0 Å². The lowest BCUT2D eigenvalue weighted by molar-refractivity contribution is -0.121. The van der Waals surface area contributed by atoms with Crippen molar-refractivity contribution in [2.45, 2.75) is 25.8 Å². The monoisotopic (exact) mass is 369 g/mol. The molecule has 0 aliphatic rings. The first-order chi connectivity index (χ1) is 13.8. The van der Waals surface area contributed by atoms with Crippen molar-refractivity contribution < 1.29 is 4.79 Å². The molecule has 2 aromatic heterocycles. The highest BCUT2D eigenvalue weighted by Crippen LogP contribution is 2.30. The summed E-state index contributed by atoms with van der Waals surface area (Å²) in [5, 5.41) is 4.21. The summed E-state index contributed by atoms with van der Waals surface area (Å²) in [7, 11) is 0. The Labute approximate surface area is 164 Å². The molecule has 28 heavy (non-hydrogen) atoms. The number of aromatic nitrogens is 2. The Bertz CT molecular complexity index is 1060. The van der Waals surface area contributed by atoms with Gasteiger partial charge in [0, 0.05) is 30.1 Å². The molecule has 0 atom stereocenters. The molecular weight excluding hydrogens is 346 g/mol. The first kappa shape index (κ1) is 18.0. The van der Waals surface area contributed by atoms with Gasteiger partial charge in [-0.15, -0.1) is 0 Å². The van der Waals surface area contributed by atoms with E-state index in [0.717, 1.165) is 35.3 Å². The molecule has 4 heteroatoms. The van der Waals surface area contributed by atoms with Gasteiger partial charge in [0.25, 0.3) is 0 Å². The summed E-state index contributed by atoms with van der Waals surface area (Å²) >= 11 is 0. The van der Waals surface area contributed by atoms with E-state index in [1.807, 2.05) is 60.8 Å². The highest BCUT2D eigenvalue weighted by atomic mass is 16.1. The molecule has 2 N–H and O–H groups in total. The van der Waals surface area contributed by atoms with Crippen LogP contribution in [0, 0.1) is 0 Å². The Morgan fingerprint density at radius 1 is 0.929 bits per heavy atom. The second-order valence-corrected chi connectivity index (χ2v) is 6.85. The van der Waals surface area contributed by atoms with Crippen LogP contribution < -0.4 is 5.32 Å². The van der Waals surface area contributed by atoms with Gasteiger partial charge in [0.1, 0.15) is 0 Å². The summed E-state index contributed by atoms with van der Waals surface area (Å²) < 4.78 is 0. The zero-order valence-electron chi connectivity index (χ0n) is 15.7. The number of carbonyl (C=O) groups excluding carboxylic acids is 1. The third kappa shape index (κ3) is 4.12. The highest BCUT2D eigenvalue weighted by molar-refractivity contribution is 5.90. The number of aromatic amines is 1. The number of carbonyl (C=O) groups is 1. The van der Waals surface area contributed by atoms with Crippen molar-refractivity contribution in [1.29, 1.82) is 0 Å². The van der Waals surface area contributed by atoms with E-state index in [9.17, 15) is 4.79 Å². The van der Waals surface area contributed by atoms with Gasteiger partial charge in [0.15, 0.2) is 0 Å². The molecule has 1 amide bonds. The van der Waals surface area contributed by atoms with E-state index in [-0.39, 0.29) is 5.91 Å². The lowest BCUT2D eigenvalue weighted by Gasteiger charge is -2.07. The molecule has 4 aromatic rings. The largest absolute Gasteiger partial charge is 0.353 e. The van der Waals surface area contributed by atoms with Gasteiger partial charge < -0.3 is 10.3 Å². The van der Waals surface area contributed by atoms with Gasteiger partial charge in [-0.3, -0.25) is 9.78 Å². The normalized spacial score (nSPS) is 10.9. The fourth-order valence-corrected chi connectivity index (χ4v) is 3.50. The fraction of sp³-hybridized carbons (Fsp3) is 0.167. The van der Waals surface area contributed by atoms with Gasteiger partial charge in [-0.2, -0.15) is 0 Å². The first-order valence-electron chi connectivity index (χ1n) is 9.63. The van der Waals surface area contributed by atoms with Crippen molar-refractivity contribution in [1.82, 2.24) is 15.3 Å². The number of hydrogen-bond acceptors (Lipinski definition) is 2. The molecule has 0 spiro atoms. The maximum absolute atomic E-state index is 12.2. The second kappa shape index (κ2) is 8.53. The number of nitrogens with zero attached hydrogens (tertiary/aromatic N) is 1. The molecule has 0 saturated heterocycles. The van der Waals surface area contributed by atoms with Crippen molar-refractivity contribution >= 4 is 16.8 Å². The van der Waals surface area contributed by atoms with E-state index in [4.69, 9.17) is 0 Å². The number of rotatable bonds is 7. The van der Waals surface area contributed by atoms with E-state index in [1.54, 1.807) is 0 Å². The van der Waals surface area contributed by atoms with Crippen molar-refractivity contribution in [2.24, 2.45) is 0 Å². The van der Waals surface area contributed by atoms with Gasteiger partial charge in [-0.1, -0.05) is 54.6 Å². The molecule has 4 nitrogen and oxygen atoms in total. The maximum Gasteiger partial charge on any atom is 0.220 e. The Balaban J connectivity index is 1.43. The molecule has 140 valence electrons. The van der Waals surface area contributed by atoms with Crippen LogP contribution in [-0.2, 0) is 17.8 Å². The van der Waals surface area contributed by atoms with E-state index in [0.29, 0.717) is 13.0 Å². The Kier molecular flexibility index (Phi) is 5.48. The van der Waals surface area contributed by atoms with Crippen molar-refractivity contribution in [3.8, 4) is 11.4 Å². The summed E-state index contributed by atoms with van der Waals surface area (Å²) in [4.78, 5) is 20.2. The van der Waals surface area contributed by atoms with Gasteiger partial charge in [-0.25, -0.2) is 0 Å². The average molecular weight is 369 g/mol. The van der Waals surface area contributed by atoms with Crippen LogP contribution in [0.25, 0.3) is 22.3 Å². The number of benzene rings is 2. The minimum atomic E-state index is 0.0862.